The number of hydrogen-bond acceptors (Lipinski definition) is 9. The maximum Gasteiger partial charge on any atom is 0.354 e. The Labute approximate surface area is 334 Å². The number of amides is 3. The third-order valence-electron chi connectivity index (χ3n) is 10.2. The Hall–Kier alpha value is -7.04. The molecule has 17 heteroatoms. The van der Waals surface area contributed by atoms with Crippen LogP contribution in [0.4, 0.5) is 17.2 Å². The zero-order valence-corrected chi connectivity index (χ0v) is 32.9. The van der Waals surface area contributed by atoms with Crippen molar-refractivity contribution in [2.75, 3.05) is 36.8 Å². The van der Waals surface area contributed by atoms with Crippen LogP contribution >= 0.6 is 0 Å². The lowest BCUT2D eigenvalue weighted by Gasteiger charge is -2.20. The van der Waals surface area contributed by atoms with E-state index in [9.17, 15) is 24.4 Å². The first-order valence-electron chi connectivity index (χ1n) is 18.8. The number of rotatable bonds is 13. The van der Waals surface area contributed by atoms with Crippen LogP contribution in [-0.2, 0) is 37.2 Å². The highest BCUT2D eigenvalue weighted by Gasteiger charge is 2.31. The number of nitrogens with zero attached hydrogens (tertiary/aromatic N) is 6. The maximum atomic E-state index is 13.3. The number of nitrogens with one attached hydrogen (secondary N) is 3. The second-order valence-corrected chi connectivity index (χ2v) is 14.3. The SMILES string of the molecule is COC(=O)c1cc(NC(=O)c2nc(NC(=O)c3cc(-c4ccc(NC(=O)CCCOc5cn6c(c5OC)C=[N+]([O-])C5=CCCCC5C6)cc4)cn3C)cn2C)cn1C. The number of hydrogen-bond donors (Lipinski definition) is 3. The first kappa shape index (κ1) is 39.2. The number of carbonyl (C=O) groups is 4. The summed E-state index contributed by atoms with van der Waals surface area (Å²) in [6.07, 6.45) is 14.0. The van der Waals surface area contributed by atoms with Crippen molar-refractivity contribution in [1.82, 2.24) is 23.3 Å². The smallest absolute Gasteiger partial charge is 0.354 e. The third kappa shape index (κ3) is 8.23. The summed E-state index contributed by atoms with van der Waals surface area (Å²) in [4.78, 5) is 55.3. The molecule has 7 rings (SSSR count). The van der Waals surface area contributed by atoms with Crippen molar-refractivity contribution < 1.29 is 38.1 Å². The number of methoxy groups -OCH3 is 2. The number of benzene rings is 1. The molecule has 1 aromatic carbocycles. The number of fused-ring (bicyclic) bond motifs is 2. The predicted octanol–water partition coefficient (Wildman–Crippen LogP) is 5.29. The van der Waals surface area contributed by atoms with Crippen LogP contribution in [0.2, 0.25) is 0 Å². The van der Waals surface area contributed by atoms with E-state index >= 15 is 0 Å². The number of anilines is 3. The van der Waals surface area contributed by atoms with Gasteiger partial charge in [-0.05, 0) is 61.6 Å². The number of allylic oxidation sites excluding steroid dienone is 2. The van der Waals surface area contributed by atoms with Gasteiger partial charge < -0.3 is 53.6 Å². The van der Waals surface area contributed by atoms with E-state index in [4.69, 9.17) is 14.2 Å². The first-order valence-corrected chi connectivity index (χ1v) is 18.8. The molecule has 58 heavy (non-hydrogen) atoms. The molecule has 1 aliphatic heterocycles. The van der Waals surface area contributed by atoms with Gasteiger partial charge in [-0.1, -0.05) is 12.1 Å². The molecule has 0 radical (unpaired) electrons. The number of aryl methyl sites for hydroxylation is 3. The summed E-state index contributed by atoms with van der Waals surface area (Å²) in [5.74, 6) is -0.242. The van der Waals surface area contributed by atoms with Crippen molar-refractivity contribution in [3.8, 4) is 22.6 Å². The summed E-state index contributed by atoms with van der Waals surface area (Å²) in [7, 11) is 7.87. The number of hydroxylamine groups is 1. The van der Waals surface area contributed by atoms with E-state index < -0.39 is 17.8 Å². The van der Waals surface area contributed by atoms with E-state index in [1.54, 1.807) is 63.4 Å². The molecule has 1 aliphatic carbocycles. The van der Waals surface area contributed by atoms with Crippen LogP contribution in [0.1, 0.15) is 69.4 Å². The van der Waals surface area contributed by atoms with E-state index in [2.05, 4.69) is 20.9 Å². The molecule has 302 valence electrons. The van der Waals surface area contributed by atoms with Gasteiger partial charge in [0.25, 0.3) is 11.8 Å². The van der Waals surface area contributed by atoms with Crippen molar-refractivity contribution in [3.05, 3.63) is 101 Å². The van der Waals surface area contributed by atoms with Gasteiger partial charge in [0.15, 0.2) is 28.7 Å². The van der Waals surface area contributed by atoms with Gasteiger partial charge in [-0.15, -0.1) is 0 Å². The first-order chi connectivity index (χ1) is 27.9. The summed E-state index contributed by atoms with van der Waals surface area (Å²) in [6.45, 7) is 0.964. The molecule has 3 N–H and O–H groups in total. The predicted molar refractivity (Wildman–Crippen MR) is 215 cm³/mol. The van der Waals surface area contributed by atoms with Crippen LogP contribution in [0.25, 0.3) is 11.1 Å². The Kier molecular flexibility index (Phi) is 11.2. The van der Waals surface area contributed by atoms with Crippen LogP contribution in [0.5, 0.6) is 11.5 Å². The van der Waals surface area contributed by atoms with Gasteiger partial charge in [0, 0.05) is 63.9 Å². The zero-order chi connectivity index (χ0) is 41.1. The van der Waals surface area contributed by atoms with Crippen LogP contribution < -0.4 is 25.4 Å². The molecular weight excluding hydrogens is 747 g/mol. The minimum absolute atomic E-state index is 0.0474. The highest BCUT2D eigenvalue weighted by Crippen LogP contribution is 2.37. The summed E-state index contributed by atoms with van der Waals surface area (Å²) in [5.41, 5.74) is 4.73. The Morgan fingerprint density at radius 1 is 0.879 bits per heavy atom. The van der Waals surface area contributed by atoms with Gasteiger partial charge in [0.2, 0.25) is 17.9 Å². The number of carbonyl (C=O) groups excluding carboxylic acids is 4. The van der Waals surface area contributed by atoms with E-state index in [0.717, 1.165) is 40.8 Å². The Balaban J connectivity index is 0.901. The standard InChI is InChI=1S/C41H45N9O8/c1-46-19-27(17-31(46)39(52)45-35-24-48(3)38(44-35)40(53)43-29-18-32(41(54)57-5)47(2)21-29)25-12-14-28(15-13-25)42-36(51)11-8-16-58-34-23-49-20-26-9-6-7-10-30(26)50(55)22-33(49)37(34)56-4/h10,12-15,17-19,21-24,26H,6-9,11,16,20H2,1-5H3,(H,42,51)(H,43,53)(H,45,52). The summed E-state index contributed by atoms with van der Waals surface area (Å²) in [5, 5.41) is 21.2. The number of imidazole rings is 1. The van der Waals surface area contributed by atoms with Gasteiger partial charge in [-0.2, -0.15) is 4.74 Å². The average molecular weight is 792 g/mol. The lowest BCUT2D eigenvalue weighted by atomic mass is 9.92. The van der Waals surface area contributed by atoms with E-state index in [0.29, 0.717) is 47.2 Å². The Bertz CT molecular complexity index is 2450. The summed E-state index contributed by atoms with van der Waals surface area (Å²) in [6, 6.07) is 10.5. The van der Waals surface area contributed by atoms with Gasteiger partial charge in [0.1, 0.15) is 11.4 Å². The second kappa shape index (κ2) is 16.6. The van der Waals surface area contributed by atoms with Crippen molar-refractivity contribution >= 4 is 47.1 Å². The van der Waals surface area contributed by atoms with Gasteiger partial charge >= 0.3 is 5.97 Å². The molecule has 1 atom stereocenters. The quantitative estimate of drug-likeness (QED) is 0.0616. The van der Waals surface area contributed by atoms with Crippen LogP contribution in [-0.4, -0.2) is 78.7 Å². The number of aromatic nitrogens is 5. The molecule has 0 saturated heterocycles. The molecule has 0 bridgehead atoms. The molecule has 4 aromatic heterocycles. The monoisotopic (exact) mass is 791 g/mol. The van der Waals surface area contributed by atoms with Crippen LogP contribution in [0.15, 0.2) is 73.0 Å². The van der Waals surface area contributed by atoms with Crippen molar-refractivity contribution in [1.29, 1.82) is 0 Å². The van der Waals surface area contributed by atoms with Gasteiger partial charge in [-0.25, -0.2) is 9.78 Å². The fraction of sp³-hybridized carbons (Fsp3) is 0.317. The molecule has 2 aliphatic rings. The zero-order valence-electron chi connectivity index (χ0n) is 32.9. The van der Waals surface area contributed by atoms with E-state index in [1.165, 1.54) is 28.5 Å². The molecule has 5 aromatic rings. The molecule has 5 heterocycles. The summed E-state index contributed by atoms with van der Waals surface area (Å²) >= 11 is 0. The van der Waals surface area contributed by atoms with Gasteiger partial charge in [-0.3, -0.25) is 14.4 Å². The summed E-state index contributed by atoms with van der Waals surface area (Å²) < 4.78 is 24.1. The lowest BCUT2D eigenvalue weighted by molar-refractivity contribution is -0.406. The van der Waals surface area contributed by atoms with E-state index in [1.807, 2.05) is 35.2 Å². The van der Waals surface area contributed by atoms with Gasteiger partial charge in [0.05, 0.1) is 38.6 Å². The molecule has 3 amide bonds. The number of ether oxygens (including phenoxy) is 3. The molecule has 0 spiro atoms. The van der Waals surface area contributed by atoms with Crippen LogP contribution in [0, 0.1) is 11.1 Å². The lowest BCUT2D eigenvalue weighted by Crippen LogP contribution is -2.18. The molecule has 1 unspecified atom stereocenters. The Morgan fingerprint density at radius 2 is 1.66 bits per heavy atom. The normalized spacial score (nSPS) is 14.6. The van der Waals surface area contributed by atoms with Crippen molar-refractivity contribution in [3.63, 3.8) is 0 Å². The average Bonchev–Trinajstić information content (AvgIpc) is 3.95. The highest BCUT2D eigenvalue weighted by molar-refractivity contribution is 6.05. The van der Waals surface area contributed by atoms with E-state index in [-0.39, 0.29) is 42.2 Å². The minimum Gasteiger partial charge on any atom is -0.618 e. The fourth-order valence-corrected chi connectivity index (χ4v) is 7.30. The molecule has 17 nitrogen and oxygen atoms in total. The minimum atomic E-state index is -0.538. The number of esters is 1. The largest absolute Gasteiger partial charge is 0.618 e. The topological polar surface area (TPSA) is 191 Å². The van der Waals surface area contributed by atoms with Crippen molar-refractivity contribution in [2.24, 2.45) is 27.1 Å². The third-order valence-corrected chi connectivity index (χ3v) is 10.2. The fourth-order valence-electron chi connectivity index (χ4n) is 7.30. The maximum absolute atomic E-state index is 13.3. The molecular formula is C41H45N9O8. The second-order valence-electron chi connectivity index (χ2n) is 14.3. The van der Waals surface area contributed by atoms with Crippen LogP contribution in [0.3, 0.4) is 0 Å². The van der Waals surface area contributed by atoms with Crippen molar-refractivity contribution in [2.45, 2.75) is 38.6 Å². The molecule has 0 saturated carbocycles. The molecule has 0 fully saturated rings. The highest BCUT2D eigenvalue weighted by atomic mass is 16.5. The Morgan fingerprint density at radius 3 is 2.41 bits per heavy atom.